The van der Waals surface area contributed by atoms with Crippen LogP contribution in [0.3, 0.4) is 0 Å². The Morgan fingerprint density at radius 1 is 0.974 bits per heavy atom. The maximum atomic E-state index is 12.0. The van der Waals surface area contributed by atoms with Crippen molar-refractivity contribution in [3.63, 3.8) is 0 Å². The molecule has 11 heteroatoms. The standard InChI is InChI=1S/C27H20N6O4.Pt/c1-27(2,23-19(14-28)15-32(30-23)20-10-6-8-17(12-20)25(34)36-4)24-22(29-3)16-33(31-24)21-11-7-9-18(13-21)26(35)37-5;/h6-9,12-13,15-16H,1-2,4-5H3;/q-2;+2. The number of hydrogen-bond acceptors (Lipinski definition) is 7. The predicted molar refractivity (Wildman–Crippen MR) is 131 cm³/mol. The van der Waals surface area contributed by atoms with Crippen LogP contribution >= 0.6 is 0 Å². The van der Waals surface area contributed by atoms with Crippen molar-refractivity contribution >= 4 is 17.6 Å². The molecule has 0 fully saturated rings. The number of hydrogen-bond donors (Lipinski definition) is 0. The second-order valence-corrected chi connectivity index (χ2v) is 8.40. The molecule has 0 unspecified atom stereocenters. The predicted octanol–water partition coefficient (Wildman–Crippen LogP) is 3.98. The Labute approximate surface area is 233 Å². The van der Waals surface area contributed by atoms with Gasteiger partial charge in [0.25, 0.3) is 0 Å². The van der Waals surface area contributed by atoms with Gasteiger partial charge in [0.2, 0.25) is 5.69 Å². The number of ether oxygens (including phenoxy) is 2. The third-order valence-electron chi connectivity index (χ3n) is 5.74. The molecule has 2 aromatic carbocycles. The van der Waals surface area contributed by atoms with Crippen molar-refractivity contribution in [3.8, 4) is 17.4 Å². The molecule has 0 saturated heterocycles. The fourth-order valence-electron chi connectivity index (χ4n) is 3.83. The molecule has 4 rings (SSSR count). The van der Waals surface area contributed by atoms with Crippen LogP contribution in [0.2, 0.25) is 0 Å². The van der Waals surface area contributed by atoms with Crippen molar-refractivity contribution in [3.05, 3.63) is 100 Å². The molecule has 38 heavy (non-hydrogen) atoms. The summed E-state index contributed by atoms with van der Waals surface area (Å²) in [6.07, 6.45) is 3.07. The van der Waals surface area contributed by atoms with Crippen molar-refractivity contribution in [2.24, 2.45) is 0 Å². The minimum Gasteiger partial charge on any atom is -0.467 e. The van der Waals surface area contributed by atoms with Crippen LogP contribution in [0.15, 0.2) is 48.8 Å². The molecule has 0 aliphatic rings. The number of nitriles is 1. The van der Waals surface area contributed by atoms with Gasteiger partial charge in [0.1, 0.15) is 6.07 Å². The van der Waals surface area contributed by atoms with Gasteiger partial charge in [-0.2, -0.15) is 51.9 Å². The van der Waals surface area contributed by atoms with Gasteiger partial charge >= 0.3 is 33.0 Å². The van der Waals surface area contributed by atoms with E-state index in [1.807, 2.05) is 13.8 Å². The average molecular weight is 688 g/mol. The number of aromatic nitrogens is 4. The van der Waals surface area contributed by atoms with E-state index in [0.29, 0.717) is 33.9 Å². The second-order valence-electron chi connectivity index (χ2n) is 8.40. The Morgan fingerprint density at radius 2 is 1.47 bits per heavy atom. The molecule has 4 aromatic rings. The molecule has 10 nitrogen and oxygen atoms in total. The van der Waals surface area contributed by atoms with Crippen molar-refractivity contribution < 1.29 is 40.1 Å². The summed E-state index contributed by atoms with van der Waals surface area (Å²) < 4.78 is 12.5. The molecule has 0 radical (unpaired) electrons. The molecule has 0 spiro atoms. The first-order valence-corrected chi connectivity index (χ1v) is 10.9. The first-order valence-electron chi connectivity index (χ1n) is 10.9. The number of rotatable bonds is 6. The largest absolute Gasteiger partial charge is 2.00 e. The molecule has 2 heterocycles. The number of carbonyl (C=O) groups excluding carboxylic acids is 2. The van der Waals surface area contributed by atoms with Gasteiger partial charge in [0.15, 0.2) is 0 Å². The molecule has 0 amide bonds. The second kappa shape index (κ2) is 11.2. The Morgan fingerprint density at radius 3 is 1.95 bits per heavy atom. The van der Waals surface area contributed by atoms with Crippen LogP contribution in [0, 0.1) is 30.0 Å². The van der Waals surface area contributed by atoms with Gasteiger partial charge in [-0.25, -0.2) is 14.4 Å². The summed E-state index contributed by atoms with van der Waals surface area (Å²) >= 11 is 0. The quantitative estimate of drug-likeness (QED) is 0.223. The monoisotopic (exact) mass is 687 g/mol. The summed E-state index contributed by atoms with van der Waals surface area (Å²) in [6, 6.07) is 17.5. The SMILES string of the molecule is [C-]#[N+]c1cn(-c2[c-]ccc(C(=O)OC)c2)nc1C(C)(C)c1nn(-c2[c-]ccc(C(=O)OC)c2)cc1C#N.[Pt+2]. The van der Waals surface area contributed by atoms with Gasteiger partial charge in [0.05, 0.1) is 37.7 Å². The van der Waals surface area contributed by atoms with Crippen LogP contribution in [-0.2, 0) is 36.0 Å². The summed E-state index contributed by atoms with van der Waals surface area (Å²) in [5.41, 5.74) is 1.82. The molecule has 192 valence electrons. The Kier molecular flexibility index (Phi) is 8.30. The summed E-state index contributed by atoms with van der Waals surface area (Å²) in [4.78, 5) is 27.5. The number of carbonyl (C=O) groups is 2. The van der Waals surface area contributed by atoms with E-state index in [2.05, 4.69) is 33.2 Å². The van der Waals surface area contributed by atoms with Crippen LogP contribution in [0.1, 0.15) is 51.5 Å². The molecule has 0 saturated carbocycles. The van der Waals surface area contributed by atoms with Crippen molar-refractivity contribution in [1.82, 2.24) is 19.6 Å². The van der Waals surface area contributed by atoms with E-state index in [-0.39, 0.29) is 32.3 Å². The van der Waals surface area contributed by atoms with E-state index in [4.69, 9.17) is 16.0 Å². The van der Waals surface area contributed by atoms with E-state index < -0.39 is 17.4 Å². The van der Waals surface area contributed by atoms with Crippen LogP contribution in [-0.4, -0.2) is 45.7 Å². The van der Waals surface area contributed by atoms with Gasteiger partial charge in [-0.15, -0.1) is 12.1 Å². The summed E-state index contributed by atoms with van der Waals surface area (Å²) in [7, 11) is 2.58. The average Bonchev–Trinajstić information content (AvgIpc) is 3.58. The number of nitrogens with zero attached hydrogens (tertiary/aromatic N) is 6. The van der Waals surface area contributed by atoms with Gasteiger partial charge in [0, 0.05) is 17.8 Å². The minimum absolute atomic E-state index is 0. The topological polar surface area (TPSA) is 116 Å². The van der Waals surface area contributed by atoms with Gasteiger partial charge in [-0.05, 0) is 36.3 Å². The van der Waals surface area contributed by atoms with Crippen molar-refractivity contribution in [1.29, 1.82) is 5.26 Å². The fraction of sp³-hybridized carbons (Fsp3) is 0.185. The maximum absolute atomic E-state index is 12.0. The van der Waals surface area contributed by atoms with Crippen LogP contribution in [0.25, 0.3) is 16.2 Å². The Hall–Kier alpha value is -4.53. The first kappa shape index (κ1) is 28.0. The van der Waals surface area contributed by atoms with Crippen molar-refractivity contribution in [2.45, 2.75) is 19.3 Å². The van der Waals surface area contributed by atoms with Gasteiger partial charge in [-0.1, -0.05) is 0 Å². The Bertz CT molecular complexity index is 1490. The zero-order valence-electron chi connectivity index (χ0n) is 20.8. The van der Waals surface area contributed by atoms with Crippen LogP contribution in [0.5, 0.6) is 0 Å². The smallest absolute Gasteiger partial charge is 0.467 e. The van der Waals surface area contributed by atoms with E-state index in [9.17, 15) is 14.9 Å². The molecule has 0 aliphatic carbocycles. The third-order valence-corrected chi connectivity index (χ3v) is 5.74. The van der Waals surface area contributed by atoms with E-state index >= 15 is 0 Å². The third kappa shape index (κ3) is 5.13. The summed E-state index contributed by atoms with van der Waals surface area (Å²) in [5.74, 6) is -1.02. The minimum atomic E-state index is -0.971. The van der Waals surface area contributed by atoms with Crippen LogP contribution in [0.4, 0.5) is 5.69 Å². The van der Waals surface area contributed by atoms with Crippen LogP contribution < -0.4 is 0 Å². The fourth-order valence-corrected chi connectivity index (χ4v) is 3.83. The zero-order valence-corrected chi connectivity index (χ0v) is 23.0. The van der Waals surface area contributed by atoms with Gasteiger partial charge < -0.3 is 9.47 Å². The maximum Gasteiger partial charge on any atom is 2.00 e. The number of benzene rings is 2. The molecule has 0 atom stereocenters. The van der Waals surface area contributed by atoms with E-state index in [1.54, 1.807) is 36.4 Å². The molecule has 0 N–H and O–H groups in total. The van der Waals surface area contributed by atoms with E-state index in [1.165, 1.54) is 36.0 Å². The van der Waals surface area contributed by atoms with Gasteiger partial charge in [-0.3, -0.25) is 9.36 Å². The molecular weight excluding hydrogens is 667 g/mol. The molecule has 0 bridgehead atoms. The first-order chi connectivity index (χ1) is 17.7. The Balaban J connectivity index is 0.00000400. The molecule has 2 aromatic heterocycles. The number of methoxy groups -OCH3 is 2. The summed E-state index contributed by atoms with van der Waals surface area (Å²) in [6.45, 7) is 11.3. The van der Waals surface area contributed by atoms with Crippen molar-refractivity contribution in [2.75, 3.05) is 14.2 Å². The normalized spacial score (nSPS) is 10.6. The number of esters is 2. The zero-order chi connectivity index (χ0) is 26.7. The summed E-state index contributed by atoms with van der Waals surface area (Å²) in [5, 5.41) is 19.1. The van der Waals surface area contributed by atoms with E-state index in [0.717, 1.165) is 0 Å². The molecule has 0 aliphatic heterocycles. The molecular formula is C27H20N6O4Pt.